The van der Waals surface area contributed by atoms with Gasteiger partial charge in [0, 0.05) is 11.6 Å². The minimum atomic E-state index is -4.05. The highest BCUT2D eigenvalue weighted by molar-refractivity contribution is 7.87. The lowest BCUT2D eigenvalue weighted by atomic mass is 10.1. The summed E-state index contributed by atoms with van der Waals surface area (Å²) in [6, 6.07) is 11.8. The fraction of sp³-hybridized carbons (Fsp3) is 0.0588. The molecule has 3 aromatic rings. The summed E-state index contributed by atoms with van der Waals surface area (Å²) >= 11 is 11.7. The smallest absolute Gasteiger partial charge is 0.340 e. The number of nitrogens with one attached hydrogen (secondary N) is 1. The van der Waals surface area contributed by atoms with Gasteiger partial charge in [0.25, 0.3) is 5.88 Å². The van der Waals surface area contributed by atoms with Crippen LogP contribution < -0.4 is 4.18 Å². The number of aromatic nitrogens is 2. The molecule has 0 saturated carbocycles. The van der Waals surface area contributed by atoms with E-state index in [1.807, 2.05) is 6.92 Å². The van der Waals surface area contributed by atoms with Crippen LogP contribution in [0.2, 0.25) is 10.0 Å². The molecule has 0 radical (unpaired) electrons. The van der Waals surface area contributed by atoms with E-state index >= 15 is 0 Å². The zero-order valence-corrected chi connectivity index (χ0v) is 15.7. The predicted molar refractivity (Wildman–Crippen MR) is 97.5 cm³/mol. The van der Waals surface area contributed by atoms with Gasteiger partial charge >= 0.3 is 10.1 Å². The van der Waals surface area contributed by atoms with Crippen molar-refractivity contribution < 1.29 is 17.4 Å². The third-order valence-corrected chi connectivity index (χ3v) is 5.46. The van der Waals surface area contributed by atoms with Gasteiger partial charge in [-0.05, 0) is 37.3 Å². The van der Waals surface area contributed by atoms with Gasteiger partial charge in [-0.25, -0.2) is 0 Å². The summed E-state index contributed by atoms with van der Waals surface area (Å²) in [5.41, 5.74) is 1.24. The maximum atomic E-state index is 12.4. The Labute approximate surface area is 159 Å². The molecule has 0 bridgehead atoms. The van der Waals surface area contributed by atoms with Crippen molar-refractivity contribution >= 4 is 39.1 Å². The average Bonchev–Trinajstić information content (AvgIpc) is 3.05. The first-order valence-electron chi connectivity index (χ1n) is 7.32. The van der Waals surface area contributed by atoms with Crippen molar-refractivity contribution in [2.75, 3.05) is 0 Å². The molecule has 1 N–H and O–H groups in total. The molecule has 0 spiro atoms. The molecule has 0 unspecified atom stereocenters. The Morgan fingerprint density at radius 3 is 2.38 bits per heavy atom. The molecule has 134 valence electrons. The van der Waals surface area contributed by atoms with Gasteiger partial charge in [-0.2, -0.15) is 8.42 Å². The van der Waals surface area contributed by atoms with Gasteiger partial charge in [-0.1, -0.05) is 40.9 Å². The molecule has 9 heteroatoms. The van der Waals surface area contributed by atoms with Crippen molar-refractivity contribution in [1.82, 2.24) is 10.2 Å². The summed E-state index contributed by atoms with van der Waals surface area (Å²) in [5, 5.41) is 6.73. The van der Waals surface area contributed by atoms with E-state index in [9.17, 15) is 13.2 Å². The summed E-state index contributed by atoms with van der Waals surface area (Å²) in [6.07, 6.45) is 0. The highest BCUT2D eigenvalue weighted by atomic mass is 35.5. The Morgan fingerprint density at radius 1 is 1.04 bits per heavy atom. The van der Waals surface area contributed by atoms with E-state index in [1.165, 1.54) is 36.4 Å². The molecule has 0 amide bonds. The van der Waals surface area contributed by atoms with Crippen LogP contribution in [0, 0.1) is 6.92 Å². The molecule has 0 aliphatic heterocycles. The highest BCUT2D eigenvalue weighted by Gasteiger charge is 2.20. The monoisotopic (exact) mass is 410 g/mol. The lowest BCUT2D eigenvalue weighted by Crippen LogP contribution is -2.09. The second-order valence-corrected chi connectivity index (χ2v) is 7.79. The number of ketones is 1. The largest absolute Gasteiger partial charge is 0.357 e. The minimum Gasteiger partial charge on any atom is -0.357 e. The first-order valence-corrected chi connectivity index (χ1v) is 9.49. The van der Waals surface area contributed by atoms with E-state index in [-0.39, 0.29) is 27.1 Å². The number of aryl methyl sites for hydroxylation is 1. The van der Waals surface area contributed by atoms with Gasteiger partial charge in [0.15, 0.2) is 0 Å². The van der Waals surface area contributed by atoms with Crippen molar-refractivity contribution in [3.05, 3.63) is 75.4 Å². The highest BCUT2D eigenvalue weighted by Crippen LogP contribution is 2.24. The fourth-order valence-corrected chi connectivity index (χ4v) is 3.29. The molecule has 6 nitrogen and oxygen atoms in total. The SMILES string of the molecule is Cc1ccc(S(=O)(=O)Oc2cc(C(=O)c3ccc(Cl)c(Cl)c3)[nH]n2)cc1. The minimum absolute atomic E-state index is 0.0107. The van der Waals surface area contributed by atoms with Crippen molar-refractivity contribution in [1.29, 1.82) is 0 Å². The number of hydrogen-bond donors (Lipinski definition) is 1. The van der Waals surface area contributed by atoms with Crippen LogP contribution in [0.5, 0.6) is 5.88 Å². The summed E-state index contributed by atoms with van der Waals surface area (Å²) in [5.74, 6) is -0.673. The van der Waals surface area contributed by atoms with Crippen molar-refractivity contribution in [2.24, 2.45) is 0 Å². The summed E-state index contributed by atoms with van der Waals surface area (Å²) in [7, 11) is -4.05. The van der Waals surface area contributed by atoms with Crippen LogP contribution >= 0.6 is 23.2 Å². The van der Waals surface area contributed by atoms with Gasteiger partial charge in [0.1, 0.15) is 10.6 Å². The second-order valence-electron chi connectivity index (χ2n) is 5.43. The number of H-pyrrole nitrogens is 1. The number of carbonyl (C=O) groups is 1. The van der Waals surface area contributed by atoms with Crippen molar-refractivity contribution in [3.63, 3.8) is 0 Å². The third-order valence-electron chi connectivity index (χ3n) is 3.49. The Morgan fingerprint density at radius 2 is 1.73 bits per heavy atom. The van der Waals surface area contributed by atoms with E-state index < -0.39 is 15.9 Å². The molecule has 0 atom stereocenters. The molecule has 0 aliphatic rings. The van der Waals surface area contributed by atoms with Crippen molar-refractivity contribution in [2.45, 2.75) is 11.8 Å². The van der Waals surface area contributed by atoms with Gasteiger partial charge in [0.05, 0.1) is 10.0 Å². The van der Waals surface area contributed by atoms with Gasteiger partial charge in [-0.3, -0.25) is 9.89 Å². The Balaban J connectivity index is 1.82. The number of benzene rings is 2. The van der Waals surface area contributed by atoms with Crippen LogP contribution in [0.1, 0.15) is 21.6 Å². The van der Waals surface area contributed by atoms with Crippen LogP contribution in [0.15, 0.2) is 53.4 Å². The first kappa shape index (κ1) is 18.4. The maximum absolute atomic E-state index is 12.4. The Bertz CT molecular complexity index is 1080. The quantitative estimate of drug-likeness (QED) is 0.506. The van der Waals surface area contributed by atoms with Crippen LogP contribution in [0.4, 0.5) is 0 Å². The van der Waals surface area contributed by atoms with E-state index in [1.54, 1.807) is 12.1 Å². The fourth-order valence-electron chi connectivity index (χ4n) is 2.12. The molecule has 2 aromatic carbocycles. The third kappa shape index (κ3) is 3.90. The number of rotatable bonds is 5. The lowest BCUT2D eigenvalue weighted by molar-refractivity contribution is 0.103. The average molecular weight is 411 g/mol. The van der Waals surface area contributed by atoms with Gasteiger partial charge in [-0.15, -0.1) is 5.10 Å². The van der Waals surface area contributed by atoms with Crippen LogP contribution in [0.3, 0.4) is 0 Å². The zero-order chi connectivity index (χ0) is 18.9. The van der Waals surface area contributed by atoms with E-state index in [2.05, 4.69) is 10.2 Å². The van der Waals surface area contributed by atoms with Crippen molar-refractivity contribution in [3.8, 4) is 5.88 Å². The lowest BCUT2D eigenvalue weighted by Gasteiger charge is -2.04. The summed E-state index contributed by atoms with van der Waals surface area (Å²) < 4.78 is 29.5. The second kappa shape index (κ2) is 7.11. The van der Waals surface area contributed by atoms with Gasteiger partial charge in [0.2, 0.25) is 5.78 Å². The molecular formula is C17H12Cl2N2O4S. The summed E-state index contributed by atoms with van der Waals surface area (Å²) in [6.45, 7) is 1.84. The zero-order valence-electron chi connectivity index (χ0n) is 13.4. The molecule has 1 heterocycles. The van der Waals surface area contributed by atoms with Crippen LogP contribution in [-0.4, -0.2) is 24.4 Å². The van der Waals surface area contributed by atoms with Crippen LogP contribution in [-0.2, 0) is 10.1 Å². The van der Waals surface area contributed by atoms with Crippen LogP contribution in [0.25, 0.3) is 0 Å². The van der Waals surface area contributed by atoms with E-state index in [4.69, 9.17) is 27.4 Å². The number of carbonyl (C=O) groups excluding carboxylic acids is 1. The Hall–Kier alpha value is -2.35. The van der Waals surface area contributed by atoms with Gasteiger partial charge < -0.3 is 4.18 Å². The van der Waals surface area contributed by atoms with E-state index in [0.717, 1.165) is 5.56 Å². The first-order chi connectivity index (χ1) is 12.3. The molecule has 0 saturated heterocycles. The number of aromatic amines is 1. The molecule has 0 aliphatic carbocycles. The van der Waals surface area contributed by atoms with E-state index in [0.29, 0.717) is 5.02 Å². The number of nitrogens with zero attached hydrogens (tertiary/aromatic N) is 1. The normalized spacial score (nSPS) is 11.3. The Kier molecular flexibility index (Phi) is 5.04. The molecule has 1 aromatic heterocycles. The summed E-state index contributed by atoms with van der Waals surface area (Å²) in [4.78, 5) is 12.4. The molecule has 0 fully saturated rings. The number of halogens is 2. The molecule has 3 rings (SSSR count). The molecule has 26 heavy (non-hydrogen) atoms. The molecular weight excluding hydrogens is 399 g/mol. The topological polar surface area (TPSA) is 89.1 Å². The number of hydrogen-bond acceptors (Lipinski definition) is 5. The predicted octanol–water partition coefficient (Wildman–Crippen LogP) is 4.02. The standard InChI is InChI=1S/C17H12Cl2N2O4S/c1-10-2-5-12(6-3-10)26(23,24)25-16-9-15(20-21-16)17(22)11-4-7-13(18)14(19)8-11/h2-9H,1H3,(H,20,21). The maximum Gasteiger partial charge on any atom is 0.340 e.